The van der Waals surface area contributed by atoms with Gasteiger partial charge in [0, 0.05) is 12.7 Å². The van der Waals surface area contributed by atoms with Gasteiger partial charge in [0.2, 0.25) is 0 Å². The highest BCUT2D eigenvalue weighted by molar-refractivity contribution is 5.93. The van der Waals surface area contributed by atoms with Crippen LogP contribution in [0.3, 0.4) is 0 Å². The molecule has 0 spiro atoms. The number of rotatable bonds is 5. The number of aliphatic hydroxyl groups excluding tert-OH is 1. The highest BCUT2D eigenvalue weighted by atomic mass is 16.3. The molecule has 2 N–H and O–H groups in total. The standard InChI is InChI=1S/C13H15N3O2/c17-7-6-14-13(18)12-8-15-16(10-12)9-11-4-2-1-3-5-11/h1-5,8,10,17H,6-7,9H2,(H,14,18). The molecule has 0 saturated heterocycles. The van der Waals surface area contributed by atoms with Gasteiger partial charge in [-0.1, -0.05) is 30.3 Å². The Bertz CT molecular complexity index is 508. The molecule has 5 nitrogen and oxygen atoms in total. The average Bonchev–Trinajstić information content (AvgIpc) is 2.86. The molecule has 1 heterocycles. The summed E-state index contributed by atoms with van der Waals surface area (Å²) < 4.78 is 1.71. The lowest BCUT2D eigenvalue weighted by Crippen LogP contribution is -2.25. The van der Waals surface area contributed by atoms with Crippen molar-refractivity contribution in [3.8, 4) is 0 Å². The predicted octanol–water partition coefficient (Wildman–Crippen LogP) is 0.653. The molecular weight excluding hydrogens is 230 g/mol. The molecule has 0 bridgehead atoms. The molecule has 1 aromatic carbocycles. The summed E-state index contributed by atoms with van der Waals surface area (Å²) in [5, 5.41) is 15.3. The van der Waals surface area contributed by atoms with Crippen LogP contribution in [0.4, 0.5) is 0 Å². The van der Waals surface area contributed by atoms with Crippen LogP contribution in [0.25, 0.3) is 0 Å². The minimum Gasteiger partial charge on any atom is -0.395 e. The molecule has 2 rings (SSSR count). The zero-order chi connectivity index (χ0) is 12.8. The van der Waals surface area contributed by atoms with Crippen LogP contribution < -0.4 is 5.32 Å². The zero-order valence-corrected chi connectivity index (χ0v) is 9.91. The molecule has 2 aromatic rings. The van der Waals surface area contributed by atoms with E-state index in [0.29, 0.717) is 12.1 Å². The first-order chi connectivity index (χ1) is 8.79. The SMILES string of the molecule is O=C(NCCO)c1cnn(Cc2ccccc2)c1. The Balaban J connectivity index is 2.00. The Hall–Kier alpha value is -2.14. The Morgan fingerprint density at radius 2 is 2.11 bits per heavy atom. The van der Waals surface area contributed by atoms with Gasteiger partial charge >= 0.3 is 0 Å². The third kappa shape index (κ3) is 3.18. The summed E-state index contributed by atoms with van der Waals surface area (Å²) in [5.74, 6) is -0.219. The van der Waals surface area contributed by atoms with Gasteiger partial charge in [-0.3, -0.25) is 9.48 Å². The topological polar surface area (TPSA) is 67.2 Å². The van der Waals surface area contributed by atoms with Crippen LogP contribution in [-0.2, 0) is 6.54 Å². The van der Waals surface area contributed by atoms with Crippen LogP contribution >= 0.6 is 0 Å². The second kappa shape index (κ2) is 5.97. The van der Waals surface area contributed by atoms with Crippen LogP contribution in [-0.4, -0.2) is 33.9 Å². The minimum atomic E-state index is -0.219. The highest BCUT2D eigenvalue weighted by Gasteiger charge is 2.07. The van der Waals surface area contributed by atoms with Gasteiger partial charge < -0.3 is 10.4 Å². The molecule has 1 amide bonds. The first kappa shape index (κ1) is 12.3. The van der Waals surface area contributed by atoms with Crippen LogP contribution in [0.2, 0.25) is 0 Å². The fourth-order valence-corrected chi connectivity index (χ4v) is 1.61. The lowest BCUT2D eigenvalue weighted by Gasteiger charge is -2.01. The molecule has 0 aliphatic heterocycles. The van der Waals surface area contributed by atoms with E-state index in [1.807, 2.05) is 30.3 Å². The van der Waals surface area contributed by atoms with E-state index in [1.54, 1.807) is 10.9 Å². The maximum atomic E-state index is 11.6. The number of benzene rings is 1. The Morgan fingerprint density at radius 1 is 1.33 bits per heavy atom. The van der Waals surface area contributed by atoms with Gasteiger partial charge in [0.05, 0.1) is 24.9 Å². The quantitative estimate of drug-likeness (QED) is 0.813. The number of nitrogens with one attached hydrogen (secondary N) is 1. The molecule has 0 radical (unpaired) electrons. The van der Waals surface area contributed by atoms with E-state index in [0.717, 1.165) is 5.56 Å². The van der Waals surface area contributed by atoms with Crippen molar-refractivity contribution >= 4 is 5.91 Å². The van der Waals surface area contributed by atoms with Gasteiger partial charge in [-0.05, 0) is 5.56 Å². The van der Waals surface area contributed by atoms with Crippen molar-refractivity contribution in [1.82, 2.24) is 15.1 Å². The first-order valence-corrected chi connectivity index (χ1v) is 5.75. The van der Waals surface area contributed by atoms with E-state index >= 15 is 0 Å². The van der Waals surface area contributed by atoms with Crippen molar-refractivity contribution in [3.63, 3.8) is 0 Å². The van der Waals surface area contributed by atoms with Gasteiger partial charge in [0.1, 0.15) is 0 Å². The molecule has 94 valence electrons. The third-order valence-electron chi connectivity index (χ3n) is 2.48. The van der Waals surface area contributed by atoms with Gasteiger partial charge in [0.15, 0.2) is 0 Å². The van der Waals surface area contributed by atoms with Crippen LogP contribution in [0.1, 0.15) is 15.9 Å². The van der Waals surface area contributed by atoms with Gasteiger partial charge in [-0.2, -0.15) is 5.10 Å². The Labute approximate surface area is 105 Å². The van der Waals surface area contributed by atoms with Crippen LogP contribution in [0, 0.1) is 0 Å². The summed E-state index contributed by atoms with van der Waals surface area (Å²) in [5.41, 5.74) is 1.63. The number of hydrogen-bond acceptors (Lipinski definition) is 3. The number of nitrogens with zero attached hydrogens (tertiary/aromatic N) is 2. The lowest BCUT2D eigenvalue weighted by atomic mass is 10.2. The zero-order valence-electron chi connectivity index (χ0n) is 9.91. The predicted molar refractivity (Wildman–Crippen MR) is 67.2 cm³/mol. The molecule has 0 saturated carbocycles. The lowest BCUT2D eigenvalue weighted by molar-refractivity contribution is 0.0944. The molecule has 0 unspecified atom stereocenters. The summed E-state index contributed by atoms with van der Waals surface area (Å²) >= 11 is 0. The number of aliphatic hydroxyl groups is 1. The largest absolute Gasteiger partial charge is 0.395 e. The Kier molecular flexibility index (Phi) is 4.09. The fourth-order valence-electron chi connectivity index (χ4n) is 1.61. The average molecular weight is 245 g/mol. The normalized spacial score (nSPS) is 10.3. The summed E-state index contributed by atoms with van der Waals surface area (Å²) in [6.07, 6.45) is 3.22. The second-order valence-electron chi connectivity index (χ2n) is 3.89. The second-order valence-corrected chi connectivity index (χ2v) is 3.89. The number of hydrogen-bond donors (Lipinski definition) is 2. The number of aromatic nitrogens is 2. The van der Waals surface area contributed by atoms with Crippen LogP contribution in [0.5, 0.6) is 0 Å². The molecule has 0 fully saturated rings. The van der Waals surface area contributed by atoms with Crippen molar-refractivity contribution in [2.24, 2.45) is 0 Å². The molecule has 0 aliphatic carbocycles. The van der Waals surface area contributed by atoms with E-state index in [-0.39, 0.29) is 19.1 Å². The van der Waals surface area contributed by atoms with E-state index < -0.39 is 0 Å². The highest BCUT2D eigenvalue weighted by Crippen LogP contribution is 2.03. The minimum absolute atomic E-state index is 0.0656. The van der Waals surface area contributed by atoms with Crippen LogP contribution in [0.15, 0.2) is 42.7 Å². The van der Waals surface area contributed by atoms with Gasteiger partial charge in [-0.25, -0.2) is 0 Å². The van der Waals surface area contributed by atoms with Crippen molar-refractivity contribution in [1.29, 1.82) is 0 Å². The number of carbonyl (C=O) groups is 1. The van der Waals surface area contributed by atoms with Gasteiger partial charge in [0.25, 0.3) is 5.91 Å². The fraction of sp³-hybridized carbons (Fsp3) is 0.231. The summed E-state index contributed by atoms with van der Waals surface area (Å²) in [7, 11) is 0. The molecule has 0 aliphatic rings. The third-order valence-corrected chi connectivity index (χ3v) is 2.48. The molecule has 1 aromatic heterocycles. The first-order valence-electron chi connectivity index (χ1n) is 5.75. The maximum absolute atomic E-state index is 11.6. The number of carbonyl (C=O) groups excluding carboxylic acids is 1. The summed E-state index contributed by atoms with van der Waals surface area (Å²) in [6.45, 7) is 0.820. The van der Waals surface area contributed by atoms with Gasteiger partial charge in [-0.15, -0.1) is 0 Å². The van der Waals surface area contributed by atoms with E-state index in [1.165, 1.54) is 6.20 Å². The number of amides is 1. The van der Waals surface area contributed by atoms with Crippen molar-refractivity contribution in [3.05, 3.63) is 53.9 Å². The van der Waals surface area contributed by atoms with E-state index in [2.05, 4.69) is 10.4 Å². The van der Waals surface area contributed by atoms with Crippen molar-refractivity contribution in [2.45, 2.75) is 6.54 Å². The van der Waals surface area contributed by atoms with Crippen molar-refractivity contribution in [2.75, 3.05) is 13.2 Å². The Morgan fingerprint density at radius 3 is 2.83 bits per heavy atom. The molecule has 0 atom stereocenters. The molecular formula is C13H15N3O2. The summed E-state index contributed by atoms with van der Waals surface area (Å²) in [6, 6.07) is 9.90. The smallest absolute Gasteiger partial charge is 0.254 e. The monoisotopic (exact) mass is 245 g/mol. The van der Waals surface area contributed by atoms with E-state index in [4.69, 9.17) is 5.11 Å². The molecule has 5 heteroatoms. The summed E-state index contributed by atoms with van der Waals surface area (Å²) in [4.78, 5) is 11.6. The van der Waals surface area contributed by atoms with E-state index in [9.17, 15) is 4.79 Å². The molecule has 18 heavy (non-hydrogen) atoms. The maximum Gasteiger partial charge on any atom is 0.254 e. The van der Waals surface area contributed by atoms with Crippen molar-refractivity contribution < 1.29 is 9.90 Å².